The molecule has 0 aliphatic carbocycles. The van der Waals surface area contributed by atoms with Crippen molar-refractivity contribution in [3.05, 3.63) is 47.5 Å². The Hall–Kier alpha value is -1.98. The summed E-state index contributed by atoms with van der Waals surface area (Å²) in [5.74, 6) is 0.181. The van der Waals surface area contributed by atoms with Crippen LogP contribution in [-0.2, 0) is 12.7 Å². The Morgan fingerprint density at radius 2 is 2.11 bits per heavy atom. The van der Waals surface area contributed by atoms with Crippen LogP contribution in [0.5, 0.6) is 0 Å². The number of rotatable bonds is 4. The van der Waals surface area contributed by atoms with Gasteiger partial charge in [-0.2, -0.15) is 13.2 Å². The number of hydrogen-bond acceptors (Lipinski definition) is 1. The Morgan fingerprint density at radius 3 is 2.68 bits per heavy atom. The Labute approximate surface area is 110 Å². The average molecular weight is 271 g/mol. The molecular weight excluding hydrogens is 255 g/mol. The number of nitrogens with one attached hydrogen (secondary N) is 1. The fourth-order valence-electron chi connectivity index (χ4n) is 1.32. The molecule has 0 aromatic heterocycles. The summed E-state index contributed by atoms with van der Waals surface area (Å²) >= 11 is 0. The minimum absolute atomic E-state index is 0.0962. The summed E-state index contributed by atoms with van der Waals surface area (Å²) in [6.45, 7) is 6.09. The second kappa shape index (κ2) is 6.26. The van der Waals surface area contributed by atoms with Gasteiger partial charge in [0.15, 0.2) is 5.96 Å². The zero-order valence-electron chi connectivity index (χ0n) is 10.6. The predicted octanol–water partition coefficient (Wildman–Crippen LogP) is 2.69. The van der Waals surface area contributed by atoms with E-state index in [-0.39, 0.29) is 12.5 Å². The molecule has 0 fully saturated rings. The van der Waals surface area contributed by atoms with Crippen LogP contribution in [-0.4, -0.2) is 12.5 Å². The Morgan fingerprint density at radius 1 is 1.42 bits per heavy atom. The first kappa shape index (κ1) is 15.1. The van der Waals surface area contributed by atoms with E-state index in [1.54, 1.807) is 6.07 Å². The minimum Gasteiger partial charge on any atom is -0.370 e. The van der Waals surface area contributed by atoms with E-state index in [0.717, 1.165) is 17.7 Å². The van der Waals surface area contributed by atoms with Gasteiger partial charge in [0.1, 0.15) is 0 Å². The van der Waals surface area contributed by atoms with Crippen molar-refractivity contribution in [2.45, 2.75) is 19.6 Å². The Balaban J connectivity index is 2.67. The van der Waals surface area contributed by atoms with Crippen LogP contribution >= 0.6 is 0 Å². The summed E-state index contributed by atoms with van der Waals surface area (Å²) in [5, 5.41) is 2.80. The number of nitrogens with zero attached hydrogens (tertiary/aromatic N) is 1. The van der Waals surface area contributed by atoms with Crippen molar-refractivity contribution >= 4 is 5.96 Å². The molecule has 6 heteroatoms. The molecule has 1 aromatic rings. The first-order valence-electron chi connectivity index (χ1n) is 5.63. The summed E-state index contributed by atoms with van der Waals surface area (Å²) in [7, 11) is 0. The molecule has 0 radical (unpaired) electrons. The zero-order valence-corrected chi connectivity index (χ0v) is 10.6. The highest BCUT2D eigenvalue weighted by Crippen LogP contribution is 2.29. The maximum Gasteiger partial charge on any atom is 0.416 e. The lowest BCUT2D eigenvalue weighted by Crippen LogP contribution is -2.32. The molecule has 3 N–H and O–H groups in total. The molecular formula is C13H16F3N3. The number of benzene rings is 1. The summed E-state index contributed by atoms with van der Waals surface area (Å²) in [5.41, 5.74) is 6.22. The van der Waals surface area contributed by atoms with Gasteiger partial charge < -0.3 is 11.1 Å². The Bertz CT molecular complexity index is 478. The number of guanidine groups is 1. The Kier molecular flexibility index (Phi) is 4.97. The van der Waals surface area contributed by atoms with Crippen LogP contribution in [0.2, 0.25) is 0 Å². The smallest absolute Gasteiger partial charge is 0.370 e. The van der Waals surface area contributed by atoms with Gasteiger partial charge in [-0.15, -0.1) is 0 Å². The lowest BCUT2D eigenvalue weighted by Gasteiger charge is -2.08. The van der Waals surface area contributed by atoms with Crippen molar-refractivity contribution in [2.24, 2.45) is 10.7 Å². The summed E-state index contributed by atoms with van der Waals surface area (Å²) in [4.78, 5) is 3.96. The normalized spacial score (nSPS) is 12.3. The molecule has 0 saturated heterocycles. The molecule has 1 rings (SSSR count). The monoisotopic (exact) mass is 271 g/mol. The molecule has 0 saturated carbocycles. The molecule has 0 aliphatic heterocycles. The van der Waals surface area contributed by atoms with E-state index >= 15 is 0 Å². The molecule has 3 nitrogen and oxygen atoms in total. The quantitative estimate of drug-likeness (QED) is 0.502. The fourth-order valence-corrected chi connectivity index (χ4v) is 1.32. The van der Waals surface area contributed by atoms with Crippen molar-refractivity contribution in [3.8, 4) is 0 Å². The van der Waals surface area contributed by atoms with Crippen LogP contribution in [0, 0.1) is 0 Å². The van der Waals surface area contributed by atoms with Crippen LogP contribution in [0.15, 0.2) is 41.4 Å². The summed E-state index contributed by atoms with van der Waals surface area (Å²) in [6, 6.07) is 5.02. The highest BCUT2D eigenvalue weighted by Gasteiger charge is 2.30. The third kappa shape index (κ3) is 5.46. The molecule has 0 atom stereocenters. The third-order valence-corrected chi connectivity index (χ3v) is 2.26. The van der Waals surface area contributed by atoms with E-state index in [4.69, 9.17) is 5.73 Å². The molecule has 1 aromatic carbocycles. The van der Waals surface area contributed by atoms with Crippen molar-refractivity contribution in [3.63, 3.8) is 0 Å². The first-order valence-corrected chi connectivity index (χ1v) is 5.63. The second-order valence-electron chi connectivity index (χ2n) is 4.21. The topological polar surface area (TPSA) is 50.4 Å². The summed E-state index contributed by atoms with van der Waals surface area (Å²) < 4.78 is 37.5. The molecule has 0 bridgehead atoms. The number of aliphatic imine (C=N–C) groups is 1. The number of hydrogen-bond donors (Lipinski definition) is 2. The van der Waals surface area contributed by atoms with Crippen LogP contribution in [0.1, 0.15) is 18.1 Å². The van der Waals surface area contributed by atoms with Gasteiger partial charge in [0.05, 0.1) is 12.1 Å². The lowest BCUT2D eigenvalue weighted by molar-refractivity contribution is -0.137. The molecule has 0 amide bonds. The van der Waals surface area contributed by atoms with Crippen molar-refractivity contribution in [2.75, 3.05) is 6.54 Å². The van der Waals surface area contributed by atoms with E-state index in [0.29, 0.717) is 12.1 Å². The average Bonchev–Trinajstić information content (AvgIpc) is 2.33. The van der Waals surface area contributed by atoms with Gasteiger partial charge in [0.2, 0.25) is 0 Å². The number of alkyl halides is 3. The van der Waals surface area contributed by atoms with E-state index in [1.165, 1.54) is 6.07 Å². The first-order chi connectivity index (χ1) is 8.79. The van der Waals surface area contributed by atoms with Crippen molar-refractivity contribution in [1.29, 1.82) is 0 Å². The van der Waals surface area contributed by atoms with Gasteiger partial charge in [0, 0.05) is 6.54 Å². The van der Waals surface area contributed by atoms with Crippen LogP contribution in [0.3, 0.4) is 0 Å². The van der Waals surface area contributed by atoms with Gasteiger partial charge in [-0.05, 0) is 24.6 Å². The minimum atomic E-state index is -4.34. The van der Waals surface area contributed by atoms with Gasteiger partial charge in [-0.3, -0.25) is 0 Å². The number of nitrogens with two attached hydrogens (primary N) is 1. The van der Waals surface area contributed by atoms with Gasteiger partial charge >= 0.3 is 6.18 Å². The van der Waals surface area contributed by atoms with E-state index in [2.05, 4.69) is 16.9 Å². The maximum atomic E-state index is 12.5. The lowest BCUT2D eigenvalue weighted by atomic mass is 10.1. The van der Waals surface area contributed by atoms with Crippen LogP contribution in [0.4, 0.5) is 13.2 Å². The van der Waals surface area contributed by atoms with Crippen LogP contribution < -0.4 is 11.1 Å². The predicted molar refractivity (Wildman–Crippen MR) is 69.6 cm³/mol. The van der Waals surface area contributed by atoms with Gasteiger partial charge in [-0.1, -0.05) is 24.3 Å². The zero-order chi connectivity index (χ0) is 14.5. The van der Waals surface area contributed by atoms with Gasteiger partial charge in [-0.25, -0.2) is 4.99 Å². The molecule has 19 heavy (non-hydrogen) atoms. The molecule has 0 spiro atoms. The molecule has 0 heterocycles. The largest absolute Gasteiger partial charge is 0.416 e. The fraction of sp³-hybridized carbons (Fsp3) is 0.308. The molecule has 0 aliphatic rings. The SMILES string of the molecule is C=C(C)CNC(N)=NCc1cccc(C(F)(F)F)c1. The summed E-state index contributed by atoms with van der Waals surface area (Å²) in [6.07, 6.45) is -4.34. The number of halogens is 3. The molecule has 0 unspecified atom stereocenters. The van der Waals surface area contributed by atoms with E-state index < -0.39 is 11.7 Å². The van der Waals surface area contributed by atoms with Gasteiger partial charge in [0.25, 0.3) is 0 Å². The van der Waals surface area contributed by atoms with E-state index in [1.807, 2.05) is 6.92 Å². The third-order valence-electron chi connectivity index (χ3n) is 2.26. The van der Waals surface area contributed by atoms with Crippen molar-refractivity contribution in [1.82, 2.24) is 5.32 Å². The van der Waals surface area contributed by atoms with Crippen molar-refractivity contribution < 1.29 is 13.2 Å². The van der Waals surface area contributed by atoms with Crippen LogP contribution in [0.25, 0.3) is 0 Å². The van der Waals surface area contributed by atoms with E-state index in [9.17, 15) is 13.2 Å². The maximum absolute atomic E-state index is 12.5. The highest BCUT2D eigenvalue weighted by atomic mass is 19.4. The second-order valence-corrected chi connectivity index (χ2v) is 4.21. The molecule has 104 valence electrons. The standard InChI is InChI=1S/C13H16F3N3/c1-9(2)7-18-12(17)19-8-10-4-3-5-11(6-10)13(14,15)16/h3-6H,1,7-8H2,2H3,(H3,17,18,19). The highest BCUT2D eigenvalue weighted by molar-refractivity contribution is 5.78.